The summed E-state index contributed by atoms with van der Waals surface area (Å²) in [6.45, 7) is 4.12. The quantitative estimate of drug-likeness (QED) is 0.445. The zero-order valence-electron chi connectivity index (χ0n) is 18.7. The third-order valence-corrected chi connectivity index (χ3v) is 5.04. The predicted octanol–water partition coefficient (Wildman–Crippen LogP) is 5.21. The lowest BCUT2D eigenvalue weighted by atomic mass is 10.1. The van der Waals surface area contributed by atoms with Gasteiger partial charge in [0.15, 0.2) is 0 Å². The lowest BCUT2D eigenvalue weighted by Gasteiger charge is -2.28. The van der Waals surface area contributed by atoms with Gasteiger partial charge in [0.05, 0.1) is 0 Å². The molecule has 0 bridgehead atoms. The summed E-state index contributed by atoms with van der Waals surface area (Å²) in [4.78, 5) is 39.6. The summed E-state index contributed by atoms with van der Waals surface area (Å²) in [5.41, 5.74) is 2.36. The number of carbonyl (C=O) groups excluding carboxylic acids is 3. The van der Waals surface area contributed by atoms with Gasteiger partial charge in [-0.2, -0.15) is 0 Å². The summed E-state index contributed by atoms with van der Waals surface area (Å²) < 4.78 is 0. The number of para-hydroxylation sites is 2. The molecule has 0 aliphatic rings. The van der Waals surface area contributed by atoms with E-state index < -0.39 is 6.04 Å². The standard InChI is InChI=1S/C26H28N4O3/c1-3-18-30(19(2)24(31)27-21-10-6-4-7-11-21)25(32)20-14-16-23(17-15-20)29-26(33)28-22-12-8-5-9-13-22/h4-17,19H,3,18H2,1-2H3,(H,27,31)(H2,28,29,33). The van der Waals surface area contributed by atoms with E-state index in [9.17, 15) is 14.4 Å². The van der Waals surface area contributed by atoms with E-state index in [2.05, 4.69) is 16.0 Å². The van der Waals surface area contributed by atoms with E-state index >= 15 is 0 Å². The van der Waals surface area contributed by atoms with Crippen molar-refractivity contribution in [1.82, 2.24) is 4.90 Å². The highest BCUT2D eigenvalue weighted by molar-refractivity contribution is 6.02. The monoisotopic (exact) mass is 444 g/mol. The summed E-state index contributed by atoms with van der Waals surface area (Å²) in [5, 5.41) is 8.33. The van der Waals surface area contributed by atoms with Gasteiger partial charge in [0.1, 0.15) is 6.04 Å². The largest absolute Gasteiger partial charge is 0.327 e. The highest BCUT2D eigenvalue weighted by Crippen LogP contribution is 2.16. The van der Waals surface area contributed by atoms with Gasteiger partial charge in [-0.3, -0.25) is 9.59 Å². The Balaban J connectivity index is 1.64. The third kappa shape index (κ3) is 6.67. The van der Waals surface area contributed by atoms with Gasteiger partial charge in [-0.05, 0) is 61.9 Å². The first-order valence-corrected chi connectivity index (χ1v) is 10.9. The Morgan fingerprint density at radius 1 is 0.727 bits per heavy atom. The lowest BCUT2D eigenvalue weighted by molar-refractivity contribution is -0.120. The van der Waals surface area contributed by atoms with Crippen LogP contribution in [0.3, 0.4) is 0 Å². The van der Waals surface area contributed by atoms with Gasteiger partial charge in [-0.15, -0.1) is 0 Å². The van der Waals surface area contributed by atoms with Crippen LogP contribution in [0.5, 0.6) is 0 Å². The van der Waals surface area contributed by atoms with Crippen molar-refractivity contribution < 1.29 is 14.4 Å². The fourth-order valence-corrected chi connectivity index (χ4v) is 3.30. The maximum absolute atomic E-state index is 13.2. The molecule has 0 aliphatic carbocycles. The molecule has 3 rings (SSSR count). The highest BCUT2D eigenvalue weighted by Gasteiger charge is 2.26. The van der Waals surface area contributed by atoms with Crippen LogP contribution >= 0.6 is 0 Å². The third-order valence-electron chi connectivity index (χ3n) is 5.04. The van der Waals surface area contributed by atoms with Crippen LogP contribution in [0.1, 0.15) is 30.6 Å². The number of anilines is 3. The molecule has 170 valence electrons. The number of urea groups is 1. The second kappa shape index (κ2) is 11.5. The molecule has 3 aromatic rings. The van der Waals surface area contributed by atoms with Crippen LogP contribution in [0.25, 0.3) is 0 Å². The lowest BCUT2D eigenvalue weighted by Crippen LogP contribution is -2.46. The Morgan fingerprint density at radius 2 is 1.21 bits per heavy atom. The topological polar surface area (TPSA) is 90.5 Å². The van der Waals surface area contributed by atoms with Crippen molar-refractivity contribution in [3.8, 4) is 0 Å². The minimum atomic E-state index is -0.646. The highest BCUT2D eigenvalue weighted by atomic mass is 16.2. The molecule has 0 radical (unpaired) electrons. The summed E-state index contributed by atoms with van der Waals surface area (Å²) >= 11 is 0. The molecule has 0 spiro atoms. The minimum absolute atomic E-state index is 0.243. The van der Waals surface area contributed by atoms with Gasteiger partial charge >= 0.3 is 6.03 Å². The fraction of sp³-hybridized carbons (Fsp3) is 0.192. The second-order valence-corrected chi connectivity index (χ2v) is 7.55. The van der Waals surface area contributed by atoms with Gasteiger partial charge in [0.25, 0.3) is 5.91 Å². The Bertz CT molecular complexity index is 1070. The predicted molar refractivity (Wildman–Crippen MR) is 131 cm³/mol. The molecule has 0 saturated carbocycles. The molecule has 0 heterocycles. The average Bonchev–Trinajstić information content (AvgIpc) is 2.83. The first-order chi connectivity index (χ1) is 16.0. The van der Waals surface area contributed by atoms with Crippen molar-refractivity contribution in [2.24, 2.45) is 0 Å². The van der Waals surface area contributed by atoms with E-state index in [0.717, 1.165) is 0 Å². The molecule has 7 nitrogen and oxygen atoms in total. The number of nitrogens with one attached hydrogen (secondary N) is 3. The Hall–Kier alpha value is -4.13. The van der Waals surface area contributed by atoms with Crippen LogP contribution in [0, 0.1) is 0 Å². The summed E-state index contributed by atoms with van der Waals surface area (Å²) in [6, 6.07) is 23.9. The number of carbonyl (C=O) groups is 3. The average molecular weight is 445 g/mol. The smallest absolute Gasteiger partial charge is 0.323 e. The summed E-state index contributed by atoms with van der Waals surface area (Å²) in [6.07, 6.45) is 0.716. The molecule has 3 aromatic carbocycles. The van der Waals surface area contributed by atoms with Crippen LogP contribution in [-0.2, 0) is 4.79 Å². The Labute approximate surface area is 193 Å². The molecule has 0 aromatic heterocycles. The van der Waals surface area contributed by atoms with Gasteiger partial charge in [-0.25, -0.2) is 4.79 Å². The number of hydrogen-bond acceptors (Lipinski definition) is 3. The van der Waals surface area contributed by atoms with E-state index in [1.54, 1.807) is 60.4 Å². The number of benzene rings is 3. The Morgan fingerprint density at radius 3 is 1.73 bits per heavy atom. The second-order valence-electron chi connectivity index (χ2n) is 7.55. The molecular weight excluding hydrogens is 416 g/mol. The SMILES string of the molecule is CCCN(C(=O)c1ccc(NC(=O)Nc2ccccc2)cc1)C(C)C(=O)Nc1ccccc1. The van der Waals surface area contributed by atoms with Crippen LogP contribution in [0.4, 0.5) is 21.9 Å². The molecule has 0 fully saturated rings. The fourth-order valence-electron chi connectivity index (χ4n) is 3.30. The normalized spacial score (nSPS) is 11.2. The van der Waals surface area contributed by atoms with Gasteiger partial charge < -0.3 is 20.9 Å². The number of amides is 4. The van der Waals surface area contributed by atoms with Crippen molar-refractivity contribution in [3.05, 3.63) is 90.5 Å². The molecule has 7 heteroatoms. The molecule has 3 N–H and O–H groups in total. The number of hydrogen-bond donors (Lipinski definition) is 3. The van der Waals surface area contributed by atoms with E-state index in [-0.39, 0.29) is 17.8 Å². The molecule has 1 atom stereocenters. The van der Waals surface area contributed by atoms with E-state index in [0.29, 0.717) is 35.6 Å². The number of rotatable bonds is 8. The molecule has 0 aliphatic heterocycles. The molecule has 4 amide bonds. The zero-order valence-corrected chi connectivity index (χ0v) is 18.7. The first kappa shape index (κ1) is 23.5. The maximum Gasteiger partial charge on any atom is 0.323 e. The van der Waals surface area contributed by atoms with Gasteiger partial charge in [-0.1, -0.05) is 43.3 Å². The summed E-state index contributed by atoms with van der Waals surface area (Å²) in [7, 11) is 0. The zero-order chi connectivity index (χ0) is 23.6. The van der Waals surface area contributed by atoms with Crippen molar-refractivity contribution in [3.63, 3.8) is 0 Å². The molecule has 1 unspecified atom stereocenters. The molecule has 33 heavy (non-hydrogen) atoms. The van der Waals surface area contributed by atoms with E-state index in [1.165, 1.54) is 0 Å². The minimum Gasteiger partial charge on any atom is -0.327 e. The van der Waals surface area contributed by atoms with Crippen molar-refractivity contribution in [2.45, 2.75) is 26.3 Å². The maximum atomic E-state index is 13.2. The van der Waals surface area contributed by atoms with Crippen molar-refractivity contribution in [1.29, 1.82) is 0 Å². The van der Waals surface area contributed by atoms with Gasteiger partial charge in [0, 0.05) is 29.2 Å². The Kier molecular flexibility index (Phi) is 8.18. The van der Waals surface area contributed by atoms with Crippen molar-refractivity contribution in [2.75, 3.05) is 22.5 Å². The van der Waals surface area contributed by atoms with Crippen LogP contribution in [0.15, 0.2) is 84.9 Å². The summed E-state index contributed by atoms with van der Waals surface area (Å²) in [5.74, 6) is -0.494. The van der Waals surface area contributed by atoms with E-state index in [4.69, 9.17) is 0 Å². The van der Waals surface area contributed by atoms with E-state index in [1.807, 2.05) is 43.3 Å². The van der Waals surface area contributed by atoms with Crippen LogP contribution in [-0.4, -0.2) is 35.3 Å². The van der Waals surface area contributed by atoms with Crippen molar-refractivity contribution >= 4 is 34.9 Å². The van der Waals surface area contributed by atoms with Crippen LogP contribution < -0.4 is 16.0 Å². The number of nitrogens with zero attached hydrogens (tertiary/aromatic N) is 1. The first-order valence-electron chi connectivity index (χ1n) is 10.9. The molecule has 0 saturated heterocycles. The van der Waals surface area contributed by atoms with Crippen LogP contribution in [0.2, 0.25) is 0 Å². The van der Waals surface area contributed by atoms with Gasteiger partial charge in [0.2, 0.25) is 5.91 Å². The molecular formula is C26H28N4O3.